The minimum absolute atomic E-state index is 0.0103. The van der Waals surface area contributed by atoms with E-state index in [-0.39, 0.29) is 12.3 Å². The van der Waals surface area contributed by atoms with Crippen LogP contribution in [-0.2, 0) is 9.47 Å². The zero-order chi connectivity index (χ0) is 12.0. The fourth-order valence-corrected chi connectivity index (χ4v) is 1.08. The smallest absolute Gasteiger partial charge is 0.273 e. The maximum absolute atomic E-state index is 10.5. The molecule has 0 spiro atoms. The lowest BCUT2D eigenvalue weighted by Gasteiger charge is -2.13. The minimum Gasteiger partial charge on any atom is -0.488 e. The molecule has 0 bridgehead atoms. The average Bonchev–Trinajstić information content (AvgIpc) is 2.31. The number of benzene rings is 1. The van der Waals surface area contributed by atoms with Gasteiger partial charge in [-0.3, -0.25) is 10.1 Å². The summed E-state index contributed by atoms with van der Waals surface area (Å²) in [7, 11) is 2.98. The number of nitro benzene ring substituents is 1. The fraction of sp³-hybridized carbons (Fsp3) is 0.400. The van der Waals surface area contributed by atoms with Crippen LogP contribution in [0.15, 0.2) is 24.3 Å². The molecule has 0 unspecified atom stereocenters. The van der Waals surface area contributed by atoms with Gasteiger partial charge in [0.25, 0.3) is 5.69 Å². The number of methoxy groups -OCH3 is 2. The van der Waals surface area contributed by atoms with Crippen molar-refractivity contribution in [2.75, 3.05) is 20.8 Å². The van der Waals surface area contributed by atoms with Gasteiger partial charge in [-0.1, -0.05) is 6.07 Å². The van der Waals surface area contributed by atoms with Crippen LogP contribution in [0.2, 0.25) is 0 Å². The molecule has 0 N–H and O–H groups in total. The molecule has 1 rings (SSSR count). The molecule has 0 aliphatic carbocycles. The minimum atomic E-state index is -0.487. The van der Waals surface area contributed by atoms with Crippen LogP contribution < -0.4 is 4.74 Å². The first-order valence-corrected chi connectivity index (χ1v) is 4.60. The number of ether oxygens (including phenoxy) is 3. The Bertz CT molecular complexity index is 351. The predicted molar refractivity (Wildman–Crippen MR) is 56.4 cm³/mol. The van der Waals surface area contributed by atoms with Gasteiger partial charge in [-0.05, 0) is 6.07 Å². The molecule has 6 nitrogen and oxygen atoms in total. The number of hydrogen-bond donors (Lipinski definition) is 0. The predicted octanol–water partition coefficient (Wildman–Crippen LogP) is 1.59. The third-order valence-electron chi connectivity index (χ3n) is 1.94. The lowest BCUT2D eigenvalue weighted by molar-refractivity contribution is -0.384. The van der Waals surface area contributed by atoms with Gasteiger partial charge >= 0.3 is 0 Å². The Morgan fingerprint density at radius 1 is 1.38 bits per heavy atom. The number of non-ortho nitro benzene ring substituents is 1. The number of nitro groups is 1. The second-order valence-electron chi connectivity index (χ2n) is 2.97. The van der Waals surface area contributed by atoms with Crippen molar-refractivity contribution in [2.45, 2.75) is 6.29 Å². The van der Waals surface area contributed by atoms with Crippen LogP contribution in [-0.4, -0.2) is 32.0 Å². The quantitative estimate of drug-likeness (QED) is 0.419. The van der Waals surface area contributed by atoms with E-state index in [0.29, 0.717) is 5.75 Å². The van der Waals surface area contributed by atoms with Crippen molar-refractivity contribution in [3.8, 4) is 5.75 Å². The van der Waals surface area contributed by atoms with Crippen LogP contribution in [0.1, 0.15) is 0 Å². The van der Waals surface area contributed by atoms with E-state index in [0.717, 1.165) is 0 Å². The Labute approximate surface area is 92.9 Å². The monoisotopic (exact) mass is 227 g/mol. The largest absolute Gasteiger partial charge is 0.488 e. The molecule has 0 aliphatic heterocycles. The summed E-state index contributed by atoms with van der Waals surface area (Å²) in [5.74, 6) is 0.410. The maximum Gasteiger partial charge on any atom is 0.273 e. The Hall–Kier alpha value is -1.66. The standard InChI is InChI=1S/C10H13NO5/c1-14-10(15-2)7-16-9-5-3-4-8(6-9)11(12)13/h3-6,10H,7H2,1-2H3. The van der Waals surface area contributed by atoms with E-state index in [1.165, 1.54) is 26.4 Å². The highest BCUT2D eigenvalue weighted by Crippen LogP contribution is 2.19. The lowest BCUT2D eigenvalue weighted by Crippen LogP contribution is -2.21. The van der Waals surface area contributed by atoms with Gasteiger partial charge in [-0.2, -0.15) is 0 Å². The van der Waals surface area contributed by atoms with Crippen LogP contribution in [0.25, 0.3) is 0 Å². The molecule has 0 heterocycles. The highest BCUT2D eigenvalue weighted by molar-refractivity contribution is 5.37. The highest BCUT2D eigenvalue weighted by atomic mass is 16.7. The van der Waals surface area contributed by atoms with Crippen LogP contribution in [0.3, 0.4) is 0 Å². The summed E-state index contributed by atoms with van der Waals surface area (Å²) in [6.45, 7) is 0.175. The number of nitrogens with zero attached hydrogens (tertiary/aromatic N) is 1. The molecule has 0 saturated heterocycles. The molecule has 0 aromatic heterocycles. The number of rotatable bonds is 6. The van der Waals surface area contributed by atoms with Gasteiger partial charge in [-0.25, -0.2) is 0 Å². The van der Waals surface area contributed by atoms with Crippen molar-refractivity contribution < 1.29 is 19.1 Å². The van der Waals surface area contributed by atoms with Crippen LogP contribution in [0.5, 0.6) is 5.75 Å². The Morgan fingerprint density at radius 3 is 2.62 bits per heavy atom. The fourth-order valence-electron chi connectivity index (χ4n) is 1.08. The Kier molecular flexibility index (Phi) is 4.68. The first-order chi connectivity index (χ1) is 7.67. The van der Waals surface area contributed by atoms with E-state index in [1.54, 1.807) is 12.1 Å². The maximum atomic E-state index is 10.5. The topological polar surface area (TPSA) is 70.8 Å². The summed E-state index contributed by atoms with van der Waals surface area (Å²) in [4.78, 5) is 10.0. The Balaban J connectivity index is 2.60. The average molecular weight is 227 g/mol. The summed E-state index contributed by atoms with van der Waals surface area (Å²) in [5.41, 5.74) is -0.0103. The van der Waals surface area contributed by atoms with Crippen molar-refractivity contribution >= 4 is 5.69 Å². The molecular weight excluding hydrogens is 214 g/mol. The van der Waals surface area contributed by atoms with Gasteiger partial charge in [0.2, 0.25) is 0 Å². The first-order valence-electron chi connectivity index (χ1n) is 4.60. The molecule has 0 amide bonds. The van der Waals surface area contributed by atoms with Gasteiger partial charge in [0.15, 0.2) is 6.29 Å². The number of hydrogen-bond acceptors (Lipinski definition) is 5. The van der Waals surface area contributed by atoms with Crippen molar-refractivity contribution in [1.82, 2.24) is 0 Å². The summed E-state index contributed by atoms with van der Waals surface area (Å²) in [5, 5.41) is 10.5. The molecule has 88 valence electrons. The molecule has 6 heteroatoms. The van der Waals surface area contributed by atoms with Crippen LogP contribution >= 0.6 is 0 Å². The van der Waals surface area contributed by atoms with E-state index < -0.39 is 11.2 Å². The van der Waals surface area contributed by atoms with Crippen molar-refractivity contribution in [2.24, 2.45) is 0 Å². The Morgan fingerprint density at radius 2 is 2.06 bits per heavy atom. The lowest BCUT2D eigenvalue weighted by atomic mass is 10.3. The van der Waals surface area contributed by atoms with E-state index in [2.05, 4.69) is 0 Å². The zero-order valence-electron chi connectivity index (χ0n) is 9.08. The van der Waals surface area contributed by atoms with E-state index in [1.807, 2.05) is 0 Å². The first kappa shape index (κ1) is 12.4. The van der Waals surface area contributed by atoms with E-state index in [9.17, 15) is 10.1 Å². The summed E-state index contributed by atoms with van der Waals surface area (Å²) >= 11 is 0. The second kappa shape index (κ2) is 6.04. The summed E-state index contributed by atoms with van der Waals surface area (Å²) in [6, 6.07) is 5.94. The summed E-state index contributed by atoms with van der Waals surface area (Å²) in [6.07, 6.45) is -0.487. The second-order valence-corrected chi connectivity index (χ2v) is 2.97. The summed E-state index contributed by atoms with van der Waals surface area (Å²) < 4.78 is 15.1. The zero-order valence-corrected chi connectivity index (χ0v) is 9.08. The normalized spacial score (nSPS) is 10.4. The van der Waals surface area contributed by atoms with Crippen LogP contribution in [0.4, 0.5) is 5.69 Å². The van der Waals surface area contributed by atoms with Gasteiger partial charge in [0.1, 0.15) is 12.4 Å². The van der Waals surface area contributed by atoms with Crippen LogP contribution in [0, 0.1) is 10.1 Å². The van der Waals surface area contributed by atoms with Crippen molar-refractivity contribution in [3.63, 3.8) is 0 Å². The SMILES string of the molecule is COC(COc1cccc([N+](=O)[O-])c1)OC. The van der Waals surface area contributed by atoms with Gasteiger partial charge in [0.05, 0.1) is 11.0 Å². The van der Waals surface area contributed by atoms with E-state index in [4.69, 9.17) is 14.2 Å². The van der Waals surface area contributed by atoms with Crippen molar-refractivity contribution in [3.05, 3.63) is 34.4 Å². The van der Waals surface area contributed by atoms with Crippen molar-refractivity contribution in [1.29, 1.82) is 0 Å². The molecule has 0 radical (unpaired) electrons. The highest BCUT2D eigenvalue weighted by Gasteiger charge is 2.09. The van der Waals surface area contributed by atoms with Gasteiger partial charge in [-0.15, -0.1) is 0 Å². The molecule has 0 saturated carbocycles. The van der Waals surface area contributed by atoms with Gasteiger partial charge < -0.3 is 14.2 Å². The third kappa shape index (κ3) is 3.48. The molecule has 0 aliphatic rings. The molecule has 1 aromatic carbocycles. The van der Waals surface area contributed by atoms with Gasteiger partial charge in [0, 0.05) is 20.3 Å². The molecule has 1 aromatic rings. The molecular formula is C10H13NO5. The third-order valence-corrected chi connectivity index (χ3v) is 1.94. The molecule has 0 atom stereocenters. The van der Waals surface area contributed by atoms with E-state index >= 15 is 0 Å². The molecule has 16 heavy (non-hydrogen) atoms. The molecule has 0 fully saturated rings.